The van der Waals surface area contributed by atoms with Crippen molar-refractivity contribution in [2.45, 2.75) is 18.0 Å². The van der Waals surface area contributed by atoms with Crippen molar-refractivity contribution < 1.29 is 21.6 Å². The highest BCUT2D eigenvalue weighted by atomic mass is 32.2. The lowest BCUT2D eigenvalue weighted by molar-refractivity contribution is 0.548. The average molecular weight is 431 g/mol. The third-order valence-electron chi connectivity index (χ3n) is 4.62. The van der Waals surface area contributed by atoms with Gasteiger partial charge in [-0.25, -0.2) is 22.1 Å². The minimum absolute atomic E-state index is 0.0580. The van der Waals surface area contributed by atoms with Gasteiger partial charge >= 0.3 is 0 Å². The summed E-state index contributed by atoms with van der Waals surface area (Å²) in [5, 5.41) is 1.59. The molecule has 0 fully saturated rings. The summed E-state index contributed by atoms with van der Waals surface area (Å²) >= 11 is -2.14. The molecule has 7 nitrogen and oxygen atoms in total. The quantitative estimate of drug-likeness (QED) is 0.390. The molecule has 9 heteroatoms. The first-order valence-electron chi connectivity index (χ1n) is 8.76. The molecule has 1 heterocycles. The zero-order valence-electron chi connectivity index (χ0n) is 15.2. The molecular weight excluding hydrogens is 412 g/mol. The van der Waals surface area contributed by atoms with Crippen molar-refractivity contribution in [3.8, 4) is 0 Å². The number of para-hydroxylation sites is 1. The maximum Gasteiger partial charge on any atom is 0.240 e. The lowest BCUT2D eigenvalue weighted by atomic mass is 10.1. The van der Waals surface area contributed by atoms with Gasteiger partial charge in [0.1, 0.15) is 11.2 Å². The first-order chi connectivity index (χ1) is 13.9. The molecule has 29 heavy (non-hydrogen) atoms. The summed E-state index contributed by atoms with van der Waals surface area (Å²) < 4.78 is 56.2. The van der Waals surface area contributed by atoms with Crippen LogP contribution in [0.25, 0.3) is 21.9 Å². The first kappa shape index (κ1) is 19.7. The smallest absolute Gasteiger partial charge is 0.240 e. The van der Waals surface area contributed by atoms with Gasteiger partial charge in [0, 0.05) is 23.9 Å². The molecule has 0 radical (unpaired) electrons. The number of nitrogens with one attached hydrogen (secondary N) is 2. The van der Waals surface area contributed by atoms with E-state index in [1.54, 1.807) is 36.4 Å². The van der Waals surface area contributed by atoms with Gasteiger partial charge in [-0.3, -0.25) is 4.55 Å². The summed E-state index contributed by atoms with van der Waals surface area (Å²) in [5.74, 6) is 0. The van der Waals surface area contributed by atoms with Crippen LogP contribution in [0.1, 0.15) is 11.1 Å². The van der Waals surface area contributed by atoms with Gasteiger partial charge in [0.05, 0.1) is 4.90 Å². The highest BCUT2D eigenvalue weighted by Crippen LogP contribution is 2.30. The van der Waals surface area contributed by atoms with Crippen molar-refractivity contribution in [1.29, 1.82) is 0 Å². The molecule has 150 valence electrons. The molecule has 1 unspecified atom stereocenters. The highest BCUT2D eigenvalue weighted by molar-refractivity contribution is 7.89. The van der Waals surface area contributed by atoms with Crippen molar-refractivity contribution in [3.05, 3.63) is 77.9 Å². The fourth-order valence-corrected chi connectivity index (χ4v) is 4.48. The second-order valence-electron chi connectivity index (χ2n) is 6.42. The lowest BCUT2D eigenvalue weighted by Gasteiger charge is -2.11. The zero-order chi connectivity index (χ0) is 20.4. The standard InChI is InChI=1S/C20H18N2O5S2/c23-28(24)21-12-14-5-1-2-6-15(14)13-22-29(25,26)16-9-10-20-18(11-16)17-7-3-4-8-19(17)27-20/h1-11,21-22H,12-13H2,(H,23,24). The Morgan fingerprint density at radius 1 is 0.862 bits per heavy atom. The van der Waals surface area contributed by atoms with Crippen LogP contribution >= 0.6 is 0 Å². The number of benzene rings is 3. The topological polar surface area (TPSA) is 109 Å². The minimum atomic E-state index is -3.77. The molecule has 0 aliphatic heterocycles. The van der Waals surface area contributed by atoms with Crippen LogP contribution in [-0.2, 0) is 34.4 Å². The van der Waals surface area contributed by atoms with Crippen LogP contribution in [0.3, 0.4) is 0 Å². The van der Waals surface area contributed by atoms with Gasteiger partial charge < -0.3 is 4.42 Å². The molecule has 0 saturated heterocycles. The van der Waals surface area contributed by atoms with E-state index in [1.807, 2.05) is 24.3 Å². The second kappa shape index (κ2) is 8.05. The summed E-state index contributed by atoms with van der Waals surface area (Å²) in [6.45, 7) is 0.205. The zero-order valence-corrected chi connectivity index (χ0v) is 16.8. The molecule has 3 N–H and O–H groups in total. The van der Waals surface area contributed by atoms with Crippen LogP contribution in [0.5, 0.6) is 0 Å². The molecule has 0 aliphatic carbocycles. The first-order valence-corrected chi connectivity index (χ1v) is 11.4. The van der Waals surface area contributed by atoms with Crippen molar-refractivity contribution in [2.75, 3.05) is 0 Å². The van der Waals surface area contributed by atoms with Gasteiger partial charge in [-0.1, -0.05) is 42.5 Å². The van der Waals surface area contributed by atoms with E-state index < -0.39 is 21.3 Å². The van der Waals surface area contributed by atoms with E-state index in [2.05, 4.69) is 9.44 Å². The summed E-state index contributed by atoms with van der Waals surface area (Å²) in [6.07, 6.45) is 0. The normalized spacial score (nSPS) is 13.1. The van der Waals surface area contributed by atoms with Crippen molar-refractivity contribution in [2.24, 2.45) is 0 Å². The molecule has 3 aromatic carbocycles. The minimum Gasteiger partial charge on any atom is -0.456 e. The molecule has 4 rings (SSSR count). The van der Waals surface area contributed by atoms with E-state index in [0.717, 1.165) is 16.3 Å². The predicted octanol–water partition coefficient (Wildman–Crippen LogP) is 3.29. The fourth-order valence-electron chi connectivity index (χ4n) is 3.17. The predicted molar refractivity (Wildman–Crippen MR) is 112 cm³/mol. The highest BCUT2D eigenvalue weighted by Gasteiger charge is 2.17. The van der Waals surface area contributed by atoms with Gasteiger partial charge in [0.2, 0.25) is 21.3 Å². The number of hydrogen-bond donors (Lipinski definition) is 3. The maximum absolute atomic E-state index is 12.8. The van der Waals surface area contributed by atoms with Gasteiger partial charge in [-0.15, -0.1) is 0 Å². The Morgan fingerprint density at radius 2 is 1.52 bits per heavy atom. The largest absolute Gasteiger partial charge is 0.456 e. The number of hydrogen-bond acceptors (Lipinski definition) is 4. The third kappa shape index (κ3) is 4.24. The van der Waals surface area contributed by atoms with Crippen LogP contribution in [0.4, 0.5) is 0 Å². The monoisotopic (exact) mass is 430 g/mol. The molecule has 0 spiro atoms. The van der Waals surface area contributed by atoms with Gasteiger partial charge in [-0.05, 0) is 35.4 Å². The Kier molecular flexibility index (Phi) is 5.48. The van der Waals surface area contributed by atoms with E-state index in [-0.39, 0.29) is 18.0 Å². The van der Waals surface area contributed by atoms with Crippen molar-refractivity contribution >= 4 is 43.2 Å². The van der Waals surface area contributed by atoms with Gasteiger partial charge in [-0.2, -0.15) is 0 Å². The van der Waals surface area contributed by atoms with Crippen molar-refractivity contribution in [3.63, 3.8) is 0 Å². The van der Waals surface area contributed by atoms with Crippen LogP contribution in [0, 0.1) is 0 Å². The summed E-state index contributed by atoms with van der Waals surface area (Å²) in [6, 6.07) is 19.3. The maximum atomic E-state index is 12.8. The molecule has 4 aromatic rings. The molecule has 0 saturated carbocycles. The molecule has 0 bridgehead atoms. The Balaban J connectivity index is 1.60. The molecule has 0 amide bonds. The SMILES string of the molecule is O=S(O)NCc1ccccc1CNS(=O)(=O)c1ccc2oc3ccccc3c2c1. The lowest BCUT2D eigenvalue weighted by Crippen LogP contribution is -2.24. The van der Waals surface area contributed by atoms with Crippen molar-refractivity contribution in [1.82, 2.24) is 9.44 Å². The summed E-state index contributed by atoms with van der Waals surface area (Å²) in [7, 11) is -3.77. The van der Waals surface area contributed by atoms with Crippen LogP contribution in [-0.4, -0.2) is 17.2 Å². The van der Waals surface area contributed by atoms with Gasteiger partial charge in [0.15, 0.2) is 0 Å². The molecule has 1 aromatic heterocycles. The van der Waals surface area contributed by atoms with Crippen LogP contribution in [0.2, 0.25) is 0 Å². The van der Waals surface area contributed by atoms with Gasteiger partial charge in [0.25, 0.3) is 0 Å². The fraction of sp³-hybridized carbons (Fsp3) is 0.100. The number of fused-ring (bicyclic) bond motifs is 3. The third-order valence-corrected chi connectivity index (χ3v) is 6.41. The van der Waals surface area contributed by atoms with Crippen LogP contribution in [0.15, 0.2) is 76.0 Å². The summed E-state index contributed by atoms with van der Waals surface area (Å²) in [4.78, 5) is 0.142. The van der Waals surface area contributed by atoms with E-state index in [1.165, 1.54) is 6.07 Å². The Morgan fingerprint density at radius 3 is 2.28 bits per heavy atom. The molecule has 1 atom stereocenters. The number of sulfonamides is 1. The Labute approximate surface area is 170 Å². The number of rotatable bonds is 7. The van der Waals surface area contributed by atoms with E-state index in [9.17, 15) is 12.6 Å². The Hall–Kier alpha value is -2.56. The van der Waals surface area contributed by atoms with Crippen LogP contribution < -0.4 is 9.44 Å². The molecule has 0 aliphatic rings. The number of furan rings is 1. The summed E-state index contributed by atoms with van der Waals surface area (Å²) in [5.41, 5.74) is 2.77. The second-order valence-corrected chi connectivity index (χ2v) is 8.97. The average Bonchev–Trinajstić information content (AvgIpc) is 3.09. The van der Waals surface area contributed by atoms with E-state index in [4.69, 9.17) is 8.97 Å². The molecular formula is C20H18N2O5S2. The Bertz CT molecular complexity index is 1310. The van der Waals surface area contributed by atoms with E-state index >= 15 is 0 Å². The van der Waals surface area contributed by atoms with E-state index in [0.29, 0.717) is 16.7 Å².